The van der Waals surface area contributed by atoms with Gasteiger partial charge in [-0.15, -0.1) is 0 Å². The summed E-state index contributed by atoms with van der Waals surface area (Å²) in [6.45, 7) is 0.371. The average molecular weight is 441 g/mol. The van der Waals surface area contributed by atoms with Crippen molar-refractivity contribution in [3.05, 3.63) is 52.6 Å². The molecule has 2 rings (SSSR count). The van der Waals surface area contributed by atoms with E-state index in [1.807, 2.05) is 31.1 Å². The second-order valence-corrected chi connectivity index (χ2v) is 8.48. The fraction of sp³-hybridized carbons (Fsp3) is 0.294. The van der Waals surface area contributed by atoms with Gasteiger partial charge in [-0.25, -0.2) is 18.1 Å². The summed E-state index contributed by atoms with van der Waals surface area (Å²) in [6, 6.07) is 10.1. The number of hydrogen-bond acceptors (Lipinski definition) is 5. The number of benzene rings is 1. The van der Waals surface area contributed by atoms with Crippen LogP contribution in [0, 0.1) is 0 Å². The number of nitrogens with zero attached hydrogens (tertiary/aromatic N) is 2. The van der Waals surface area contributed by atoms with Gasteiger partial charge < -0.3 is 10.2 Å². The quantitative estimate of drug-likeness (QED) is 0.653. The molecule has 140 valence electrons. The van der Waals surface area contributed by atoms with Crippen LogP contribution in [-0.4, -0.2) is 39.9 Å². The molecule has 0 bridgehead atoms. The van der Waals surface area contributed by atoms with Gasteiger partial charge in [-0.1, -0.05) is 28.1 Å². The Morgan fingerprint density at radius 2 is 2.00 bits per heavy atom. The van der Waals surface area contributed by atoms with Crippen molar-refractivity contribution in [1.29, 1.82) is 0 Å². The largest absolute Gasteiger partial charge is 0.363 e. The predicted molar refractivity (Wildman–Crippen MR) is 104 cm³/mol. The second kappa shape index (κ2) is 9.11. The zero-order valence-corrected chi connectivity index (χ0v) is 17.0. The molecule has 7 nitrogen and oxygen atoms in total. The zero-order valence-electron chi connectivity index (χ0n) is 14.6. The fourth-order valence-electron chi connectivity index (χ4n) is 2.09. The molecule has 2 N–H and O–H groups in total. The highest BCUT2D eigenvalue weighted by molar-refractivity contribution is 9.10. The van der Waals surface area contributed by atoms with E-state index in [2.05, 4.69) is 31.0 Å². The number of nitrogens with one attached hydrogen (secondary N) is 2. The van der Waals surface area contributed by atoms with E-state index in [1.165, 1.54) is 12.1 Å². The lowest BCUT2D eigenvalue weighted by atomic mass is 10.2. The SMILES string of the molecule is CN(C)c1ccc(CNC(=O)CCNS(=O)(=O)c2cccc(Br)c2)cn1. The molecule has 0 saturated carbocycles. The lowest BCUT2D eigenvalue weighted by Gasteiger charge is -2.11. The number of pyridine rings is 1. The van der Waals surface area contributed by atoms with Gasteiger partial charge in [0, 0.05) is 44.3 Å². The Morgan fingerprint density at radius 1 is 1.23 bits per heavy atom. The van der Waals surface area contributed by atoms with Crippen molar-refractivity contribution in [2.24, 2.45) is 0 Å². The third-order valence-electron chi connectivity index (χ3n) is 3.51. The van der Waals surface area contributed by atoms with E-state index in [1.54, 1.807) is 18.3 Å². The van der Waals surface area contributed by atoms with Crippen LogP contribution in [0.3, 0.4) is 0 Å². The lowest BCUT2D eigenvalue weighted by Crippen LogP contribution is -2.30. The minimum Gasteiger partial charge on any atom is -0.363 e. The number of rotatable bonds is 8. The van der Waals surface area contributed by atoms with Gasteiger partial charge in [-0.05, 0) is 29.8 Å². The van der Waals surface area contributed by atoms with Gasteiger partial charge in [0.15, 0.2) is 0 Å². The molecule has 0 unspecified atom stereocenters. The summed E-state index contributed by atoms with van der Waals surface area (Å²) in [5, 5.41) is 2.75. The van der Waals surface area contributed by atoms with Gasteiger partial charge in [-0.3, -0.25) is 4.79 Å². The van der Waals surface area contributed by atoms with Crippen molar-refractivity contribution in [2.75, 3.05) is 25.5 Å². The van der Waals surface area contributed by atoms with Crippen molar-refractivity contribution >= 4 is 37.7 Å². The Kier molecular flexibility index (Phi) is 7.13. The molecule has 0 aliphatic rings. The Bertz CT molecular complexity index is 855. The molecule has 1 aromatic heterocycles. The average Bonchev–Trinajstić information content (AvgIpc) is 2.60. The summed E-state index contributed by atoms with van der Waals surface area (Å²) in [4.78, 5) is 18.2. The first-order valence-electron chi connectivity index (χ1n) is 7.92. The number of anilines is 1. The lowest BCUT2D eigenvalue weighted by molar-refractivity contribution is -0.121. The van der Waals surface area contributed by atoms with E-state index in [4.69, 9.17) is 0 Å². The first-order valence-corrected chi connectivity index (χ1v) is 10.2. The summed E-state index contributed by atoms with van der Waals surface area (Å²) in [5.74, 6) is 0.598. The second-order valence-electron chi connectivity index (χ2n) is 5.80. The molecule has 0 fully saturated rings. The maximum absolute atomic E-state index is 12.2. The van der Waals surface area contributed by atoms with E-state index < -0.39 is 10.0 Å². The monoisotopic (exact) mass is 440 g/mol. The first kappa shape index (κ1) is 20.3. The number of aromatic nitrogens is 1. The van der Waals surface area contributed by atoms with E-state index in [-0.39, 0.29) is 23.8 Å². The van der Waals surface area contributed by atoms with Crippen molar-refractivity contribution in [3.63, 3.8) is 0 Å². The van der Waals surface area contributed by atoms with Crippen molar-refractivity contribution < 1.29 is 13.2 Å². The number of carbonyl (C=O) groups is 1. The summed E-state index contributed by atoms with van der Waals surface area (Å²) >= 11 is 3.24. The fourth-order valence-corrected chi connectivity index (χ4v) is 3.72. The van der Waals surface area contributed by atoms with Crippen LogP contribution < -0.4 is 14.9 Å². The van der Waals surface area contributed by atoms with Gasteiger partial charge in [0.1, 0.15) is 5.82 Å². The molecule has 1 aromatic carbocycles. The number of amides is 1. The highest BCUT2D eigenvalue weighted by Gasteiger charge is 2.14. The van der Waals surface area contributed by atoms with Gasteiger partial charge in [-0.2, -0.15) is 0 Å². The molecular weight excluding hydrogens is 420 g/mol. The highest BCUT2D eigenvalue weighted by atomic mass is 79.9. The molecular formula is C17H21BrN4O3S. The summed E-state index contributed by atoms with van der Waals surface area (Å²) in [5.41, 5.74) is 0.874. The standard InChI is InChI=1S/C17H21BrN4O3S/c1-22(2)16-7-6-13(11-19-16)12-20-17(23)8-9-21-26(24,25)15-5-3-4-14(18)10-15/h3-7,10-11,21H,8-9,12H2,1-2H3,(H,20,23). The molecule has 1 amide bonds. The van der Waals surface area contributed by atoms with Gasteiger partial charge in [0.25, 0.3) is 0 Å². The van der Waals surface area contributed by atoms with Gasteiger partial charge in [0.2, 0.25) is 15.9 Å². The number of hydrogen-bond donors (Lipinski definition) is 2. The van der Waals surface area contributed by atoms with Crippen molar-refractivity contribution in [1.82, 2.24) is 15.0 Å². The molecule has 0 aliphatic heterocycles. The maximum atomic E-state index is 12.2. The van der Waals surface area contributed by atoms with Crippen LogP contribution in [-0.2, 0) is 21.4 Å². The normalized spacial score (nSPS) is 11.2. The Morgan fingerprint density at radius 3 is 2.62 bits per heavy atom. The maximum Gasteiger partial charge on any atom is 0.240 e. The molecule has 0 aliphatic carbocycles. The molecule has 26 heavy (non-hydrogen) atoms. The smallest absolute Gasteiger partial charge is 0.240 e. The van der Waals surface area contributed by atoms with E-state index >= 15 is 0 Å². The third kappa shape index (κ3) is 6.08. The predicted octanol–water partition coefficient (Wildman–Crippen LogP) is 1.89. The van der Waals surface area contributed by atoms with Crippen LogP contribution >= 0.6 is 15.9 Å². The number of halogens is 1. The van der Waals surface area contributed by atoms with E-state index in [0.717, 1.165) is 11.4 Å². The topological polar surface area (TPSA) is 91.4 Å². The van der Waals surface area contributed by atoms with Crippen LogP contribution in [0.15, 0.2) is 52.0 Å². The summed E-state index contributed by atoms with van der Waals surface area (Å²) in [7, 11) is 0.170. The van der Waals surface area contributed by atoms with Crippen LogP contribution in [0.1, 0.15) is 12.0 Å². The number of carbonyl (C=O) groups excluding carboxylic acids is 1. The van der Waals surface area contributed by atoms with Gasteiger partial charge >= 0.3 is 0 Å². The Hall–Kier alpha value is -1.97. The molecule has 2 aromatic rings. The van der Waals surface area contributed by atoms with Crippen LogP contribution in [0.5, 0.6) is 0 Å². The molecule has 1 heterocycles. The Labute approximate surface area is 162 Å². The minimum absolute atomic E-state index is 0.0263. The highest BCUT2D eigenvalue weighted by Crippen LogP contribution is 2.15. The summed E-state index contributed by atoms with van der Waals surface area (Å²) in [6.07, 6.45) is 1.75. The van der Waals surface area contributed by atoms with E-state index in [0.29, 0.717) is 11.0 Å². The molecule has 0 saturated heterocycles. The van der Waals surface area contributed by atoms with Crippen LogP contribution in [0.2, 0.25) is 0 Å². The van der Waals surface area contributed by atoms with Crippen LogP contribution in [0.4, 0.5) is 5.82 Å². The minimum atomic E-state index is -3.63. The van der Waals surface area contributed by atoms with Crippen molar-refractivity contribution in [2.45, 2.75) is 17.9 Å². The molecule has 9 heteroatoms. The van der Waals surface area contributed by atoms with Crippen molar-refractivity contribution in [3.8, 4) is 0 Å². The number of sulfonamides is 1. The third-order valence-corrected chi connectivity index (χ3v) is 5.46. The Balaban J connectivity index is 1.78. The van der Waals surface area contributed by atoms with Gasteiger partial charge in [0.05, 0.1) is 4.90 Å². The van der Waals surface area contributed by atoms with E-state index in [9.17, 15) is 13.2 Å². The molecule has 0 atom stereocenters. The van der Waals surface area contributed by atoms with Crippen LogP contribution in [0.25, 0.3) is 0 Å². The molecule has 0 spiro atoms. The summed E-state index contributed by atoms with van der Waals surface area (Å²) < 4.78 is 27.4. The molecule has 0 radical (unpaired) electrons. The zero-order chi connectivity index (χ0) is 19.2. The first-order chi connectivity index (χ1) is 12.3.